The van der Waals surface area contributed by atoms with E-state index < -0.39 is 12.7 Å². The first kappa shape index (κ1) is 13.9. The number of alkyl halides is 3. The summed E-state index contributed by atoms with van der Waals surface area (Å²) in [6.07, 6.45) is -4.26. The Morgan fingerprint density at radius 1 is 1.35 bits per heavy atom. The first-order chi connectivity index (χ1) is 7.90. The number of hydrogen-bond donors (Lipinski definition) is 1. The molecule has 1 aromatic rings. The molecule has 0 saturated carbocycles. The van der Waals surface area contributed by atoms with Gasteiger partial charge in [-0.25, -0.2) is 0 Å². The van der Waals surface area contributed by atoms with Crippen molar-refractivity contribution in [2.24, 2.45) is 0 Å². The molecule has 0 aliphatic carbocycles. The molecular formula is C11H15F3N2O. The number of aliphatic hydroxyl groups excluding tert-OH is 1. The summed E-state index contributed by atoms with van der Waals surface area (Å²) in [4.78, 5) is 5.26. The fourth-order valence-electron chi connectivity index (χ4n) is 1.53. The van der Waals surface area contributed by atoms with Gasteiger partial charge in [0.1, 0.15) is 0 Å². The van der Waals surface area contributed by atoms with E-state index in [0.717, 1.165) is 10.6 Å². The monoisotopic (exact) mass is 248 g/mol. The van der Waals surface area contributed by atoms with Gasteiger partial charge in [-0.15, -0.1) is 0 Å². The van der Waals surface area contributed by atoms with Gasteiger partial charge in [-0.1, -0.05) is 6.07 Å². The minimum atomic E-state index is -4.26. The number of hydrogen-bond acceptors (Lipinski definition) is 3. The second-order valence-corrected chi connectivity index (χ2v) is 3.82. The van der Waals surface area contributed by atoms with Crippen LogP contribution in [0.2, 0.25) is 0 Å². The van der Waals surface area contributed by atoms with E-state index in [9.17, 15) is 13.2 Å². The van der Waals surface area contributed by atoms with Gasteiger partial charge in [-0.2, -0.15) is 13.2 Å². The van der Waals surface area contributed by atoms with E-state index in [0.29, 0.717) is 5.69 Å². The predicted molar refractivity (Wildman–Crippen MR) is 57.4 cm³/mol. The maximum Gasteiger partial charge on any atom is 0.401 e. The van der Waals surface area contributed by atoms with E-state index in [1.165, 1.54) is 0 Å². The molecule has 0 saturated heterocycles. The number of pyridine rings is 1. The van der Waals surface area contributed by atoms with Crippen LogP contribution in [-0.4, -0.2) is 40.9 Å². The first-order valence-electron chi connectivity index (χ1n) is 5.23. The lowest BCUT2D eigenvalue weighted by Gasteiger charge is -2.22. The molecular weight excluding hydrogens is 233 g/mol. The van der Waals surface area contributed by atoms with Crippen LogP contribution >= 0.6 is 0 Å². The molecule has 1 heterocycles. The van der Waals surface area contributed by atoms with Crippen molar-refractivity contribution < 1.29 is 18.3 Å². The van der Waals surface area contributed by atoms with Gasteiger partial charge in [-0.05, 0) is 19.1 Å². The lowest BCUT2D eigenvalue weighted by Crippen LogP contribution is -2.36. The Labute approximate surface area is 97.9 Å². The van der Waals surface area contributed by atoms with Crippen LogP contribution in [0.4, 0.5) is 13.2 Å². The van der Waals surface area contributed by atoms with Crippen LogP contribution in [0.3, 0.4) is 0 Å². The zero-order valence-electron chi connectivity index (χ0n) is 9.54. The van der Waals surface area contributed by atoms with Gasteiger partial charge in [0.25, 0.3) is 0 Å². The number of aliphatic hydroxyl groups is 1. The van der Waals surface area contributed by atoms with Crippen molar-refractivity contribution in [2.75, 3.05) is 19.7 Å². The maximum atomic E-state index is 12.3. The summed E-state index contributed by atoms with van der Waals surface area (Å²) < 4.78 is 36.8. The fourth-order valence-corrected chi connectivity index (χ4v) is 1.53. The zero-order chi connectivity index (χ0) is 12.9. The molecule has 1 rings (SSSR count). The minimum absolute atomic E-state index is 0.0187. The Hall–Kier alpha value is -1.14. The van der Waals surface area contributed by atoms with Crippen LogP contribution in [0.5, 0.6) is 0 Å². The van der Waals surface area contributed by atoms with Gasteiger partial charge in [0.05, 0.1) is 18.8 Å². The molecule has 96 valence electrons. The molecule has 0 amide bonds. The third-order valence-electron chi connectivity index (χ3n) is 2.15. The van der Waals surface area contributed by atoms with Crippen LogP contribution in [0.25, 0.3) is 0 Å². The van der Waals surface area contributed by atoms with Crippen LogP contribution in [0.15, 0.2) is 18.2 Å². The third kappa shape index (κ3) is 5.65. The van der Waals surface area contributed by atoms with Crippen molar-refractivity contribution in [1.82, 2.24) is 9.88 Å². The smallest absolute Gasteiger partial charge is 0.395 e. The van der Waals surface area contributed by atoms with E-state index >= 15 is 0 Å². The number of nitrogens with zero attached hydrogens (tertiary/aromatic N) is 2. The van der Waals surface area contributed by atoms with Gasteiger partial charge < -0.3 is 5.11 Å². The average molecular weight is 248 g/mol. The summed E-state index contributed by atoms with van der Waals surface area (Å²) in [6.45, 7) is 0.506. The lowest BCUT2D eigenvalue weighted by atomic mass is 10.3. The number of halogens is 3. The molecule has 0 atom stereocenters. The zero-order valence-corrected chi connectivity index (χ0v) is 9.54. The normalized spacial score (nSPS) is 12.1. The number of aromatic nitrogens is 1. The largest absolute Gasteiger partial charge is 0.401 e. The van der Waals surface area contributed by atoms with Gasteiger partial charge in [0.15, 0.2) is 0 Å². The quantitative estimate of drug-likeness (QED) is 0.862. The van der Waals surface area contributed by atoms with E-state index in [1.54, 1.807) is 25.1 Å². The minimum Gasteiger partial charge on any atom is -0.395 e. The molecule has 3 nitrogen and oxygen atoms in total. The fraction of sp³-hybridized carbons (Fsp3) is 0.545. The summed E-state index contributed by atoms with van der Waals surface area (Å²) in [5, 5.41) is 8.74. The third-order valence-corrected chi connectivity index (χ3v) is 2.15. The SMILES string of the molecule is Cc1cccc(CN(CCO)CC(F)(F)F)n1. The van der Waals surface area contributed by atoms with E-state index in [2.05, 4.69) is 4.98 Å². The summed E-state index contributed by atoms with van der Waals surface area (Å²) in [7, 11) is 0. The lowest BCUT2D eigenvalue weighted by molar-refractivity contribution is -0.148. The number of aryl methyl sites for hydroxylation is 1. The van der Waals surface area contributed by atoms with Crippen molar-refractivity contribution in [2.45, 2.75) is 19.6 Å². The van der Waals surface area contributed by atoms with E-state index in [-0.39, 0.29) is 19.7 Å². The van der Waals surface area contributed by atoms with Gasteiger partial charge in [0, 0.05) is 18.8 Å². The number of rotatable bonds is 5. The molecule has 6 heteroatoms. The molecule has 0 bridgehead atoms. The Bertz CT molecular complexity index is 355. The summed E-state index contributed by atoms with van der Waals surface area (Å²) in [5.74, 6) is 0. The molecule has 0 fully saturated rings. The highest BCUT2D eigenvalue weighted by Crippen LogP contribution is 2.17. The topological polar surface area (TPSA) is 36.4 Å². The van der Waals surface area contributed by atoms with Crippen LogP contribution < -0.4 is 0 Å². The highest BCUT2D eigenvalue weighted by Gasteiger charge is 2.30. The van der Waals surface area contributed by atoms with E-state index in [4.69, 9.17) is 5.11 Å². The molecule has 1 aromatic heterocycles. The summed E-state index contributed by atoms with van der Waals surface area (Å²) >= 11 is 0. The Morgan fingerprint density at radius 2 is 2.06 bits per heavy atom. The molecule has 0 unspecified atom stereocenters. The molecule has 0 radical (unpaired) electrons. The summed E-state index contributed by atoms with van der Waals surface area (Å²) in [6, 6.07) is 5.21. The van der Waals surface area contributed by atoms with Crippen LogP contribution in [0, 0.1) is 6.92 Å². The molecule has 1 N–H and O–H groups in total. The van der Waals surface area contributed by atoms with Crippen molar-refractivity contribution in [3.63, 3.8) is 0 Å². The van der Waals surface area contributed by atoms with Gasteiger partial charge in [-0.3, -0.25) is 9.88 Å². The Balaban J connectivity index is 2.66. The Kier molecular flexibility index (Phi) is 4.89. The van der Waals surface area contributed by atoms with E-state index in [1.807, 2.05) is 0 Å². The molecule has 17 heavy (non-hydrogen) atoms. The van der Waals surface area contributed by atoms with Crippen molar-refractivity contribution in [1.29, 1.82) is 0 Å². The molecule has 0 aromatic carbocycles. The maximum absolute atomic E-state index is 12.3. The summed E-state index contributed by atoms with van der Waals surface area (Å²) in [5.41, 5.74) is 1.33. The van der Waals surface area contributed by atoms with Crippen molar-refractivity contribution >= 4 is 0 Å². The van der Waals surface area contributed by atoms with Gasteiger partial charge in [0.2, 0.25) is 0 Å². The predicted octanol–water partition coefficient (Wildman–Crippen LogP) is 1.75. The standard InChI is InChI=1S/C11H15F3N2O/c1-9-3-2-4-10(15-9)7-16(5-6-17)8-11(12,13)14/h2-4,17H,5-8H2,1H3. The average Bonchev–Trinajstić information content (AvgIpc) is 2.15. The highest BCUT2D eigenvalue weighted by molar-refractivity contribution is 5.09. The highest BCUT2D eigenvalue weighted by atomic mass is 19.4. The molecule has 0 spiro atoms. The van der Waals surface area contributed by atoms with Crippen LogP contribution in [-0.2, 0) is 6.54 Å². The first-order valence-corrected chi connectivity index (χ1v) is 5.23. The van der Waals surface area contributed by atoms with Crippen molar-refractivity contribution in [3.8, 4) is 0 Å². The second-order valence-electron chi connectivity index (χ2n) is 3.82. The molecule has 0 aliphatic heterocycles. The van der Waals surface area contributed by atoms with Gasteiger partial charge >= 0.3 is 6.18 Å². The van der Waals surface area contributed by atoms with Crippen molar-refractivity contribution in [3.05, 3.63) is 29.6 Å². The van der Waals surface area contributed by atoms with Crippen LogP contribution in [0.1, 0.15) is 11.4 Å². The molecule has 0 aliphatic rings. The Morgan fingerprint density at radius 3 is 2.59 bits per heavy atom. The second kappa shape index (κ2) is 5.97.